The molecule has 0 saturated heterocycles. The van der Waals surface area contributed by atoms with Gasteiger partial charge in [0.2, 0.25) is 0 Å². The van der Waals surface area contributed by atoms with E-state index in [1.807, 2.05) is 0 Å². The Hall–Kier alpha value is -1.12. The number of hydrogen-bond donors (Lipinski definition) is 3. The fourth-order valence-electron chi connectivity index (χ4n) is 8.26. The van der Waals surface area contributed by atoms with Gasteiger partial charge in [-0.3, -0.25) is 14.4 Å². The van der Waals surface area contributed by atoms with Crippen molar-refractivity contribution in [1.82, 2.24) is 5.32 Å². The first-order valence-electron chi connectivity index (χ1n) is 22.8. The summed E-state index contributed by atoms with van der Waals surface area (Å²) in [5.41, 5.74) is 2.31. The van der Waals surface area contributed by atoms with Gasteiger partial charge in [-0.05, 0) is 107 Å². The van der Waals surface area contributed by atoms with E-state index in [1.54, 1.807) is 6.92 Å². The van der Waals surface area contributed by atoms with E-state index in [-0.39, 0.29) is 40.4 Å². The number of carbonyl (C=O) groups is 3. The number of ether oxygens (including phenoxy) is 2. The number of nitrogens with two attached hydrogens (primary N) is 1. The van der Waals surface area contributed by atoms with E-state index in [1.165, 1.54) is 57.8 Å². The standard InChI is InChI=1S/C48H94N2O5S/c1-15-16-29-38(2)44(7,8)36-48(14,42(53)54-34-27-30-40(51)39(3)56)46(11,12)45(9,10)37-47(13,43(4,5)6)41(52)55-35-28-33-50-32-26-24-22-20-18-17-19-21-23-25-31-49/h38-39,50,56H,15-37,49H2,1-14H3. The molecule has 0 rings (SSSR count). The summed E-state index contributed by atoms with van der Waals surface area (Å²) in [7, 11) is 0. The van der Waals surface area contributed by atoms with Crippen LogP contribution in [0.1, 0.15) is 213 Å². The van der Waals surface area contributed by atoms with Crippen LogP contribution in [0, 0.1) is 38.4 Å². The number of Topliss-reactive ketones (excluding diaryl/α,β-unsaturated/α-hetero) is 1. The smallest absolute Gasteiger partial charge is 0.312 e. The van der Waals surface area contributed by atoms with E-state index in [2.05, 4.69) is 108 Å². The second-order valence-electron chi connectivity index (χ2n) is 20.8. The molecule has 0 saturated carbocycles. The monoisotopic (exact) mass is 811 g/mol. The van der Waals surface area contributed by atoms with Gasteiger partial charge in [-0.15, -0.1) is 0 Å². The summed E-state index contributed by atoms with van der Waals surface area (Å²) in [4.78, 5) is 40.9. The van der Waals surface area contributed by atoms with E-state index in [0.29, 0.717) is 38.2 Å². The predicted octanol–water partition coefficient (Wildman–Crippen LogP) is 12.3. The Labute approximate surface area is 353 Å². The van der Waals surface area contributed by atoms with Gasteiger partial charge in [0.1, 0.15) is 5.78 Å². The fourth-order valence-corrected chi connectivity index (χ4v) is 8.39. The van der Waals surface area contributed by atoms with Crippen LogP contribution >= 0.6 is 12.6 Å². The van der Waals surface area contributed by atoms with Crippen molar-refractivity contribution in [2.75, 3.05) is 32.8 Å². The van der Waals surface area contributed by atoms with Gasteiger partial charge in [-0.1, -0.05) is 147 Å². The Morgan fingerprint density at radius 1 is 0.625 bits per heavy atom. The highest BCUT2D eigenvalue weighted by Gasteiger charge is 2.60. The van der Waals surface area contributed by atoms with Crippen LogP contribution in [0.3, 0.4) is 0 Å². The first kappa shape index (κ1) is 54.9. The summed E-state index contributed by atoms with van der Waals surface area (Å²) in [6.07, 6.45) is 19.0. The van der Waals surface area contributed by atoms with Crippen molar-refractivity contribution in [2.45, 2.75) is 218 Å². The average molecular weight is 811 g/mol. The van der Waals surface area contributed by atoms with E-state index in [4.69, 9.17) is 15.2 Å². The van der Waals surface area contributed by atoms with Crippen molar-refractivity contribution >= 4 is 30.4 Å². The van der Waals surface area contributed by atoms with Crippen LogP contribution in [-0.4, -0.2) is 55.8 Å². The first-order chi connectivity index (χ1) is 25.9. The van der Waals surface area contributed by atoms with E-state index >= 15 is 0 Å². The van der Waals surface area contributed by atoms with Crippen LogP contribution < -0.4 is 11.1 Å². The molecule has 4 unspecified atom stereocenters. The van der Waals surface area contributed by atoms with Crippen molar-refractivity contribution in [3.63, 3.8) is 0 Å². The highest BCUT2D eigenvalue weighted by molar-refractivity contribution is 7.81. The molecule has 0 radical (unpaired) electrons. The molecule has 0 aromatic heterocycles. The van der Waals surface area contributed by atoms with Gasteiger partial charge < -0.3 is 20.5 Å². The number of hydrogen-bond acceptors (Lipinski definition) is 8. The SMILES string of the molecule is CCCCC(C)C(C)(C)CC(C)(C(=O)OCCCC(=O)C(C)S)C(C)(C)C(C)(C)CC(C)(C(=O)OCCCNCCCCCCCCCCCCN)C(C)(C)C. The van der Waals surface area contributed by atoms with Gasteiger partial charge in [0.15, 0.2) is 0 Å². The Balaban J connectivity index is 5.69. The largest absolute Gasteiger partial charge is 0.465 e. The van der Waals surface area contributed by atoms with E-state index in [9.17, 15) is 14.4 Å². The van der Waals surface area contributed by atoms with E-state index in [0.717, 1.165) is 51.7 Å². The third-order valence-electron chi connectivity index (χ3n) is 14.4. The Bertz CT molecular complexity index is 1110. The second-order valence-corrected chi connectivity index (χ2v) is 21.5. The average Bonchev–Trinajstić information content (AvgIpc) is 3.10. The molecule has 0 aliphatic carbocycles. The van der Waals surface area contributed by atoms with Crippen molar-refractivity contribution < 1.29 is 23.9 Å². The molecule has 7 nitrogen and oxygen atoms in total. The Morgan fingerprint density at radius 2 is 1.09 bits per heavy atom. The zero-order valence-corrected chi connectivity index (χ0v) is 40.4. The molecule has 56 heavy (non-hydrogen) atoms. The van der Waals surface area contributed by atoms with Gasteiger partial charge >= 0.3 is 11.9 Å². The highest BCUT2D eigenvalue weighted by atomic mass is 32.1. The molecular weight excluding hydrogens is 717 g/mol. The number of ketones is 1. The van der Waals surface area contributed by atoms with Gasteiger partial charge in [0.25, 0.3) is 0 Å². The van der Waals surface area contributed by atoms with Crippen molar-refractivity contribution in [1.29, 1.82) is 0 Å². The van der Waals surface area contributed by atoms with Crippen molar-refractivity contribution in [3.05, 3.63) is 0 Å². The van der Waals surface area contributed by atoms with Gasteiger partial charge in [0.05, 0.1) is 29.3 Å². The summed E-state index contributed by atoms with van der Waals surface area (Å²) >= 11 is 4.27. The van der Waals surface area contributed by atoms with Crippen LogP contribution in [0.25, 0.3) is 0 Å². The zero-order valence-electron chi connectivity index (χ0n) is 39.5. The lowest BCUT2D eigenvalue weighted by molar-refractivity contribution is -0.183. The first-order valence-corrected chi connectivity index (χ1v) is 23.4. The molecule has 4 atom stereocenters. The lowest BCUT2D eigenvalue weighted by Gasteiger charge is -2.57. The third kappa shape index (κ3) is 18.0. The summed E-state index contributed by atoms with van der Waals surface area (Å²) in [6, 6.07) is 0. The number of esters is 2. The molecule has 0 aromatic rings. The van der Waals surface area contributed by atoms with Gasteiger partial charge in [0, 0.05) is 6.42 Å². The van der Waals surface area contributed by atoms with Gasteiger partial charge in [-0.25, -0.2) is 0 Å². The number of carbonyl (C=O) groups excluding carboxylic acids is 3. The molecule has 0 aliphatic heterocycles. The minimum absolute atomic E-state index is 0.0568. The number of thiol groups is 1. The van der Waals surface area contributed by atoms with Gasteiger partial charge in [-0.2, -0.15) is 12.6 Å². The highest BCUT2D eigenvalue weighted by Crippen LogP contribution is 2.62. The molecular formula is C48H94N2O5S. The third-order valence-corrected chi connectivity index (χ3v) is 14.7. The Morgan fingerprint density at radius 3 is 1.57 bits per heavy atom. The van der Waals surface area contributed by atoms with Crippen LogP contribution in [0.5, 0.6) is 0 Å². The van der Waals surface area contributed by atoms with E-state index < -0.39 is 21.7 Å². The zero-order chi connectivity index (χ0) is 43.3. The summed E-state index contributed by atoms with van der Waals surface area (Å²) in [5, 5.41) is 3.21. The lowest BCUT2D eigenvalue weighted by Crippen LogP contribution is -2.56. The number of nitrogens with one attached hydrogen (secondary N) is 1. The van der Waals surface area contributed by atoms with Crippen LogP contribution in [0.15, 0.2) is 0 Å². The molecule has 0 fully saturated rings. The summed E-state index contributed by atoms with van der Waals surface area (Å²) in [5.74, 6) is 0.0643. The molecule has 0 aromatic carbocycles. The molecule has 0 bridgehead atoms. The maximum Gasteiger partial charge on any atom is 0.312 e. The number of rotatable bonds is 33. The normalized spacial score (nSPS) is 16.1. The molecule has 0 aliphatic rings. The van der Waals surface area contributed by atoms with Crippen molar-refractivity contribution in [2.24, 2.45) is 44.1 Å². The fraction of sp³-hybridized carbons (Fsp3) is 0.938. The lowest BCUT2D eigenvalue weighted by atomic mass is 9.46. The quantitative estimate of drug-likeness (QED) is 0.0344. The Kier molecular flexibility index (Phi) is 25.6. The molecule has 332 valence electrons. The van der Waals surface area contributed by atoms with Crippen molar-refractivity contribution in [3.8, 4) is 0 Å². The minimum atomic E-state index is -0.875. The maximum atomic E-state index is 14.5. The maximum absolute atomic E-state index is 14.5. The predicted molar refractivity (Wildman–Crippen MR) is 242 cm³/mol. The molecule has 8 heteroatoms. The van der Waals surface area contributed by atoms with Crippen LogP contribution in [0.4, 0.5) is 0 Å². The molecule has 0 heterocycles. The summed E-state index contributed by atoms with van der Waals surface area (Å²) in [6.45, 7) is 33.4. The van der Waals surface area contributed by atoms with Crippen LogP contribution in [-0.2, 0) is 23.9 Å². The minimum Gasteiger partial charge on any atom is -0.465 e. The second kappa shape index (κ2) is 26.2. The molecule has 0 amide bonds. The number of unbranched alkanes of at least 4 members (excludes halogenated alkanes) is 10. The molecule has 0 spiro atoms. The van der Waals surface area contributed by atoms with Crippen LogP contribution in [0.2, 0.25) is 0 Å². The summed E-state index contributed by atoms with van der Waals surface area (Å²) < 4.78 is 12.2. The molecule has 3 N–H and O–H groups in total. The topological polar surface area (TPSA) is 108 Å².